The zero-order chi connectivity index (χ0) is 19.8. The lowest BCUT2D eigenvalue weighted by Gasteiger charge is -2.20. The molecule has 2 aromatic heterocycles. The van der Waals surface area contributed by atoms with Gasteiger partial charge in [0.05, 0.1) is 22.5 Å². The summed E-state index contributed by atoms with van der Waals surface area (Å²) in [5.74, 6) is -2.20. The number of nitrogens with zero attached hydrogens (tertiary/aromatic N) is 2. The summed E-state index contributed by atoms with van der Waals surface area (Å²) >= 11 is 5.74. The molecule has 0 fully saturated rings. The third-order valence-corrected chi connectivity index (χ3v) is 3.74. The first-order chi connectivity index (χ1) is 12.7. The number of fused-ring (bicyclic) bond motifs is 1. The molecule has 0 saturated heterocycles. The largest absolute Gasteiger partial charge is 0.350 e. The van der Waals surface area contributed by atoms with Gasteiger partial charge in [0, 0.05) is 23.6 Å². The van der Waals surface area contributed by atoms with Crippen molar-refractivity contribution in [3.63, 3.8) is 0 Å². The Bertz CT molecular complexity index is 1010. The third kappa shape index (κ3) is 4.17. The van der Waals surface area contributed by atoms with Gasteiger partial charge in [-0.25, -0.2) is 19.2 Å². The normalized spacial score (nSPS) is 11.6. The average molecular weight is 395 g/mol. The number of aromatic nitrogens is 2. The summed E-state index contributed by atoms with van der Waals surface area (Å²) in [5, 5.41) is 2.81. The molecular formula is C18H17ClF2N4O2. The number of pyridine rings is 1. The first-order valence-corrected chi connectivity index (χ1v) is 8.39. The van der Waals surface area contributed by atoms with Gasteiger partial charge in [0.2, 0.25) is 0 Å². The van der Waals surface area contributed by atoms with Crippen LogP contribution in [0.4, 0.5) is 20.2 Å². The standard InChI is InChI=1S/C18H17ClF2N4O2/c1-18(2,3)27-24-17(26)11-9-25-7-6-22-16(25)14(21)15(11)23-13-5-4-10(19)8-12(13)20/h4-9,23H,1-3H3,(H,24,26). The van der Waals surface area contributed by atoms with Crippen molar-refractivity contribution in [2.24, 2.45) is 0 Å². The Balaban J connectivity index is 2.06. The monoisotopic (exact) mass is 394 g/mol. The molecule has 0 radical (unpaired) electrons. The van der Waals surface area contributed by atoms with Crippen molar-refractivity contribution >= 4 is 34.5 Å². The van der Waals surface area contributed by atoms with Gasteiger partial charge >= 0.3 is 0 Å². The summed E-state index contributed by atoms with van der Waals surface area (Å²) in [6.45, 7) is 5.24. The maximum Gasteiger partial charge on any atom is 0.278 e. The summed E-state index contributed by atoms with van der Waals surface area (Å²) < 4.78 is 30.5. The lowest BCUT2D eigenvalue weighted by Crippen LogP contribution is -2.34. The zero-order valence-corrected chi connectivity index (χ0v) is 15.6. The summed E-state index contributed by atoms with van der Waals surface area (Å²) in [5.41, 5.74) is 1.26. The number of anilines is 2. The Morgan fingerprint density at radius 2 is 2.04 bits per heavy atom. The van der Waals surface area contributed by atoms with E-state index in [1.807, 2.05) is 0 Å². The van der Waals surface area contributed by atoms with Crippen molar-refractivity contribution in [2.75, 3.05) is 5.32 Å². The van der Waals surface area contributed by atoms with E-state index in [1.54, 1.807) is 20.8 Å². The molecule has 27 heavy (non-hydrogen) atoms. The first kappa shape index (κ1) is 19.1. The van der Waals surface area contributed by atoms with Crippen molar-refractivity contribution in [3.05, 3.63) is 59.0 Å². The fraction of sp³-hybridized carbons (Fsp3) is 0.222. The molecule has 3 rings (SSSR count). The second-order valence-electron chi connectivity index (χ2n) is 6.78. The van der Waals surface area contributed by atoms with E-state index in [0.717, 1.165) is 6.07 Å². The minimum Gasteiger partial charge on any atom is -0.350 e. The summed E-state index contributed by atoms with van der Waals surface area (Å²) in [6, 6.07) is 3.87. The van der Waals surface area contributed by atoms with Crippen LogP contribution in [0.3, 0.4) is 0 Å². The predicted octanol–water partition coefficient (Wildman–Crippen LogP) is 4.47. The molecule has 1 amide bonds. The van der Waals surface area contributed by atoms with Gasteiger partial charge in [-0.2, -0.15) is 0 Å². The molecule has 0 aliphatic heterocycles. The molecule has 0 spiro atoms. The number of hydrogen-bond donors (Lipinski definition) is 2. The van der Waals surface area contributed by atoms with E-state index >= 15 is 0 Å². The quantitative estimate of drug-likeness (QED) is 0.641. The Kier molecular flexibility index (Phi) is 5.03. The van der Waals surface area contributed by atoms with E-state index in [4.69, 9.17) is 16.4 Å². The highest BCUT2D eigenvalue weighted by atomic mass is 35.5. The van der Waals surface area contributed by atoms with E-state index in [2.05, 4.69) is 15.8 Å². The van der Waals surface area contributed by atoms with Crippen LogP contribution in [0.25, 0.3) is 5.65 Å². The lowest BCUT2D eigenvalue weighted by molar-refractivity contribution is -0.0589. The Labute approximate surface area is 159 Å². The molecule has 0 atom stereocenters. The highest BCUT2D eigenvalue weighted by Gasteiger charge is 2.23. The van der Waals surface area contributed by atoms with Crippen molar-refractivity contribution < 1.29 is 18.4 Å². The number of nitrogens with one attached hydrogen (secondary N) is 2. The fourth-order valence-electron chi connectivity index (χ4n) is 2.30. The van der Waals surface area contributed by atoms with Crippen LogP contribution in [0.2, 0.25) is 5.02 Å². The number of benzene rings is 1. The Morgan fingerprint density at radius 1 is 1.30 bits per heavy atom. The van der Waals surface area contributed by atoms with Gasteiger partial charge in [-0.1, -0.05) is 11.6 Å². The number of hydroxylamine groups is 1. The van der Waals surface area contributed by atoms with Crippen LogP contribution in [0.5, 0.6) is 0 Å². The molecule has 0 unspecified atom stereocenters. The Morgan fingerprint density at radius 3 is 2.70 bits per heavy atom. The molecular weight excluding hydrogens is 378 g/mol. The van der Waals surface area contributed by atoms with Crippen LogP contribution in [0, 0.1) is 11.6 Å². The average Bonchev–Trinajstić information content (AvgIpc) is 3.05. The number of rotatable bonds is 4. The van der Waals surface area contributed by atoms with Gasteiger partial charge in [-0.15, -0.1) is 0 Å². The molecule has 0 bridgehead atoms. The third-order valence-electron chi connectivity index (χ3n) is 3.51. The van der Waals surface area contributed by atoms with E-state index in [-0.39, 0.29) is 27.6 Å². The van der Waals surface area contributed by atoms with Crippen molar-refractivity contribution in [3.8, 4) is 0 Å². The first-order valence-electron chi connectivity index (χ1n) is 8.01. The van der Waals surface area contributed by atoms with Gasteiger partial charge in [-0.05, 0) is 39.0 Å². The molecule has 2 N–H and O–H groups in total. The number of carbonyl (C=O) groups is 1. The van der Waals surface area contributed by atoms with Crippen LogP contribution in [0.15, 0.2) is 36.8 Å². The molecule has 9 heteroatoms. The predicted molar refractivity (Wildman–Crippen MR) is 98.1 cm³/mol. The smallest absolute Gasteiger partial charge is 0.278 e. The molecule has 0 saturated carbocycles. The minimum atomic E-state index is -0.808. The molecule has 3 aromatic rings. The van der Waals surface area contributed by atoms with Crippen LogP contribution in [0.1, 0.15) is 31.1 Å². The second kappa shape index (κ2) is 7.13. The van der Waals surface area contributed by atoms with E-state index in [9.17, 15) is 13.6 Å². The molecule has 142 valence electrons. The van der Waals surface area contributed by atoms with Crippen molar-refractivity contribution in [1.29, 1.82) is 0 Å². The van der Waals surface area contributed by atoms with Gasteiger partial charge in [-0.3, -0.25) is 9.63 Å². The van der Waals surface area contributed by atoms with E-state index in [1.165, 1.54) is 35.1 Å². The van der Waals surface area contributed by atoms with Gasteiger partial charge in [0.25, 0.3) is 5.91 Å². The van der Waals surface area contributed by atoms with Gasteiger partial charge in [0.15, 0.2) is 11.5 Å². The number of amides is 1. The topological polar surface area (TPSA) is 67.7 Å². The maximum absolute atomic E-state index is 15.0. The highest BCUT2D eigenvalue weighted by Crippen LogP contribution is 2.29. The summed E-state index contributed by atoms with van der Waals surface area (Å²) in [6.07, 6.45) is 4.26. The SMILES string of the molecule is CC(C)(C)ONC(=O)c1cn2ccnc2c(F)c1Nc1ccc(Cl)cc1F. The molecule has 0 aliphatic carbocycles. The summed E-state index contributed by atoms with van der Waals surface area (Å²) in [7, 11) is 0. The van der Waals surface area contributed by atoms with Gasteiger partial charge in [0.1, 0.15) is 5.82 Å². The van der Waals surface area contributed by atoms with Crippen LogP contribution < -0.4 is 10.8 Å². The zero-order valence-electron chi connectivity index (χ0n) is 14.8. The summed E-state index contributed by atoms with van der Waals surface area (Å²) in [4.78, 5) is 21.7. The van der Waals surface area contributed by atoms with Crippen LogP contribution in [-0.4, -0.2) is 20.9 Å². The van der Waals surface area contributed by atoms with Crippen molar-refractivity contribution in [1.82, 2.24) is 14.9 Å². The van der Waals surface area contributed by atoms with E-state index in [0.29, 0.717) is 0 Å². The van der Waals surface area contributed by atoms with Crippen molar-refractivity contribution in [2.45, 2.75) is 26.4 Å². The fourth-order valence-corrected chi connectivity index (χ4v) is 2.45. The van der Waals surface area contributed by atoms with Crippen LogP contribution in [-0.2, 0) is 4.84 Å². The highest BCUT2D eigenvalue weighted by molar-refractivity contribution is 6.30. The molecule has 2 heterocycles. The van der Waals surface area contributed by atoms with Crippen LogP contribution >= 0.6 is 11.6 Å². The number of carbonyl (C=O) groups excluding carboxylic acids is 1. The molecule has 1 aromatic carbocycles. The number of imidazole rings is 1. The number of hydrogen-bond acceptors (Lipinski definition) is 4. The molecule has 6 nitrogen and oxygen atoms in total. The van der Waals surface area contributed by atoms with Gasteiger partial charge < -0.3 is 9.72 Å². The molecule has 0 aliphatic rings. The Hall–Kier alpha value is -2.71. The van der Waals surface area contributed by atoms with E-state index < -0.39 is 23.1 Å². The number of halogens is 3. The maximum atomic E-state index is 15.0. The lowest BCUT2D eigenvalue weighted by atomic mass is 10.2. The minimum absolute atomic E-state index is 0.0137. The second-order valence-corrected chi connectivity index (χ2v) is 7.22.